The second-order valence-electron chi connectivity index (χ2n) is 8.69. The molecule has 0 saturated heterocycles. The van der Waals surface area contributed by atoms with Crippen molar-refractivity contribution in [2.45, 2.75) is 71.9 Å². The fourth-order valence-electron chi connectivity index (χ4n) is 4.13. The molecule has 0 amide bonds. The van der Waals surface area contributed by atoms with Gasteiger partial charge in [0, 0.05) is 18.5 Å². The molecule has 0 unspecified atom stereocenters. The van der Waals surface area contributed by atoms with E-state index in [0.717, 1.165) is 73.0 Å². The van der Waals surface area contributed by atoms with Crippen LogP contribution in [0, 0.1) is 0 Å². The molecule has 8 nitrogen and oxygen atoms in total. The highest BCUT2D eigenvalue weighted by Crippen LogP contribution is 2.24. The molecule has 0 radical (unpaired) electrons. The highest BCUT2D eigenvalue weighted by molar-refractivity contribution is 5.70. The first-order valence-electron chi connectivity index (χ1n) is 12.3. The largest absolute Gasteiger partial charge is 0.346 e. The Bertz CT molecular complexity index is 1220. The van der Waals surface area contributed by atoms with Crippen LogP contribution in [0.5, 0.6) is 0 Å². The van der Waals surface area contributed by atoms with Crippen LogP contribution in [0.15, 0.2) is 53.3 Å². The third kappa shape index (κ3) is 5.68. The third-order valence-electron chi connectivity index (χ3n) is 6.07. The zero-order valence-corrected chi connectivity index (χ0v) is 20.1. The van der Waals surface area contributed by atoms with Crippen LogP contribution in [0.25, 0.3) is 22.5 Å². The quantitative estimate of drug-likeness (QED) is 0.305. The summed E-state index contributed by atoms with van der Waals surface area (Å²) < 4.78 is 3.52. The summed E-state index contributed by atoms with van der Waals surface area (Å²) in [5, 5.41) is 19.0. The summed E-state index contributed by atoms with van der Waals surface area (Å²) in [6, 6.07) is 16.4. The van der Waals surface area contributed by atoms with Crippen molar-refractivity contribution in [1.29, 1.82) is 0 Å². The van der Waals surface area contributed by atoms with Crippen LogP contribution in [-0.2, 0) is 19.5 Å². The van der Waals surface area contributed by atoms with Crippen LogP contribution in [-0.4, -0.2) is 35.0 Å². The molecule has 0 spiro atoms. The van der Waals surface area contributed by atoms with Crippen LogP contribution in [0.3, 0.4) is 0 Å². The molecule has 0 aliphatic heterocycles. The number of aromatic nitrogens is 7. The van der Waals surface area contributed by atoms with E-state index in [-0.39, 0.29) is 5.69 Å². The fourth-order valence-corrected chi connectivity index (χ4v) is 4.13. The number of aryl methyl sites for hydroxylation is 2. The number of hydrogen-bond donors (Lipinski definition) is 1. The van der Waals surface area contributed by atoms with E-state index in [1.54, 1.807) is 4.68 Å². The third-order valence-corrected chi connectivity index (χ3v) is 6.07. The molecule has 4 rings (SSSR count). The van der Waals surface area contributed by atoms with E-state index in [2.05, 4.69) is 70.9 Å². The number of rotatable bonds is 12. The van der Waals surface area contributed by atoms with Crippen molar-refractivity contribution >= 4 is 0 Å². The first-order chi connectivity index (χ1) is 16.7. The molecule has 2 aromatic heterocycles. The SMILES string of the molecule is CCCCCc1nn(CCCCC)c(=O)n1Cc1ccc(-c2cccc(-c3nn[nH]n3)c2)cc1. The Hall–Kier alpha value is -3.55. The summed E-state index contributed by atoms with van der Waals surface area (Å²) in [7, 11) is 0. The standard InChI is InChI=1S/C26H33N7O/c1-3-5-7-12-24-29-33(17-8-6-4-2)26(34)32(24)19-20-13-15-21(16-14-20)22-10-9-11-23(18-22)25-27-30-31-28-25/h9-11,13-16,18H,3-8,12,17,19H2,1-2H3,(H,27,28,30,31). The van der Waals surface area contributed by atoms with E-state index in [4.69, 9.17) is 5.10 Å². The maximum Gasteiger partial charge on any atom is 0.346 e. The van der Waals surface area contributed by atoms with E-state index in [1.165, 1.54) is 0 Å². The van der Waals surface area contributed by atoms with Crippen molar-refractivity contribution in [2.75, 3.05) is 0 Å². The molecule has 0 fully saturated rings. The van der Waals surface area contributed by atoms with Gasteiger partial charge in [-0.2, -0.15) is 10.3 Å². The monoisotopic (exact) mass is 459 g/mol. The second-order valence-corrected chi connectivity index (χ2v) is 8.69. The topological polar surface area (TPSA) is 94.3 Å². The molecule has 4 aromatic rings. The second kappa shape index (κ2) is 11.5. The van der Waals surface area contributed by atoms with Gasteiger partial charge in [-0.1, -0.05) is 82.0 Å². The highest BCUT2D eigenvalue weighted by atomic mass is 16.2. The lowest BCUT2D eigenvalue weighted by Gasteiger charge is -2.08. The van der Waals surface area contributed by atoms with Gasteiger partial charge in [0.1, 0.15) is 5.82 Å². The molecule has 0 aliphatic carbocycles. The molecular formula is C26H33N7O. The summed E-state index contributed by atoms with van der Waals surface area (Å²) in [6.45, 7) is 5.59. The van der Waals surface area contributed by atoms with Gasteiger partial charge in [-0.25, -0.2) is 9.48 Å². The van der Waals surface area contributed by atoms with Crippen LogP contribution in [0.1, 0.15) is 63.8 Å². The molecule has 2 aromatic carbocycles. The normalized spacial score (nSPS) is 11.2. The van der Waals surface area contributed by atoms with E-state index >= 15 is 0 Å². The van der Waals surface area contributed by atoms with Crippen molar-refractivity contribution in [1.82, 2.24) is 35.0 Å². The first-order valence-corrected chi connectivity index (χ1v) is 12.3. The minimum atomic E-state index is -0.000471. The van der Waals surface area contributed by atoms with Gasteiger partial charge >= 0.3 is 5.69 Å². The average Bonchev–Trinajstić information content (AvgIpc) is 3.50. The molecule has 0 saturated carbocycles. The van der Waals surface area contributed by atoms with E-state index in [0.29, 0.717) is 18.9 Å². The zero-order chi connectivity index (χ0) is 23.8. The number of aromatic amines is 1. The molecule has 0 atom stereocenters. The smallest absolute Gasteiger partial charge is 0.274 e. The number of unbranched alkanes of at least 4 members (excludes halogenated alkanes) is 4. The number of benzene rings is 2. The Morgan fingerprint density at radius 2 is 1.65 bits per heavy atom. The van der Waals surface area contributed by atoms with Crippen LogP contribution in [0.2, 0.25) is 0 Å². The summed E-state index contributed by atoms with van der Waals surface area (Å²) >= 11 is 0. The van der Waals surface area contributed by atoms with Gasteiger partial charge in [0.15, 0.2) is 0 Å². The fraction of sp³-hybridized carbons (Fsp3) is 0.423. The van der Waals surface area contributed by atoms with E-state index in [1.807, 2.05) is 16.7 Å². The molecule has 34 heavy (non-hydrogen) atoms. The lowest BCUT2D eigenvalue weighted by molar-refractivity contribution is 0.529. The molecule has 2 heterocycles. The van der Waals surface area contributed by atoms with Crippen molar-refractivity contribution in [3.05, 3.63) is 70.4 Å². The maximum atomic E-state index is 13.1. The molecule has 0 bridgehead atoms. The Kier molecular flexibility index (Phi) is 8.01. The summed E-state index contributed by atoms with van der Waals surface area (Å²) in [5.41, 5.74) is 4.17. The minimum Gasteiger partial charge on any atom is -0.274 e. The Morgan fingerprint density at radius 3 is 2.38 bits per heavy atom. The van der Waals surface area contributed by atoms with E-state index in [9.17, 15) is 4.79 Å². The molecule has 1 N–H and O–H groups in total. The summed E-state index contributed by atoms with van der Waals surface area (Å²) in [5.74, 6) is 1.47. The predicted octanol–water partition coefficient (Wildman–Crippen LogP) is 4.86. The van der Waals surface area contributed by atoms with Crippen molar-refractivity contribution in [3.8, 4) is 22.5 Å². The molecule has 0 aliphatic rings. The zero-order valence-electron chi connectivity index (χ0n) is 20.1. The Labute approximate surface area is 200 Å². The lowest BCUT2D eigenvalue weighted by atomic mass is 10.0. The number of nitrogens with zero attached hydrogens (tertiary/aromatic N) is 6. The summed E-state index contributed by atoms with van der Waals surface area (Å²) in [4.78, 5) is 13.1. The van der Waals surface area contributed by atoms with Gasteiger partial charge in [-0.05, 0) is 40.8 Å². The van der Waals surface area contributed by atoms with Crippen LogP contribution in [0.4, 0.5) is 0 Å². The number of nitrogens with one attached hydrogen (secondary N) is 1. The van der Waals surface area contributed by atoms with Gasteiger partial charge in [0.25, 0.3) is 0 Å². The van der Waals surface area contributed by atoms with E-state index < -0.39 is 0 Å². The Balaban J connectivity index is 1.53. The number of H-pyrrole nitrogens is 1. The maximum absolute atomic E-state index is 13.1. The lowest BCUT2D eigenvalue weighted by Crippen LogP contribution is -2.26. The van der Waals surface area contributed by atoms with Crippen LogP contribution >= 0.6 is 0 Å². The van der Waals surface area contributed by atoms with Crippen molar-refractivity contribution in [3.63, 3.8) is 0 Å². The first kappa shape index (κ1) is 23.6. The van der Waals surface area contributed by atoms with Crippen LogP contribution < -0.4 is 5.69 Å². The number of hydrogen-bond acceptors (Lipinski definition) is 5. The van der Waals surface area contributed by atoms with Gasteiger partial charge in [-0.3, -0.25) is 4.57 Å². The van der Waals surface area contributed by atoms with Gasteiger partial charge < -0.3 is 0 Å². The van der Waals surface area contributed by atoms with Crippen molar-refractivity contribution in [2.24, 2.45) is 0 Å². The summed E-state index contributed by atoms with van der Waals surface area (Å²) in [6.07, 6.45) is 7.41. The Morgan fingerprint density at radius 1 is 0.882 bits per heavy atom. The average molecular weight is 460 g/mol. The van der Waals surface area contributed by atoms with Gasteiger partial charge in [0.05, 0.1) is 6.54 Å². The van der Waals surface area contributed by atoms with Gasteiger partial charge in [-0.15, -0.1) is 10.2 Å². The van der Waals surface area contributed by atoms with Crippen molar-refractivity contribution < 1.29 is 0 Å². The molecule has 8 heteroatoms. The molecular weight excluding hydrogens is 426 g/mol. The number of tetrazole rings is 1. The minimum absolute atomic E-state index is 0.000471. The highest BCUT2D eigenvalue weighted by Gasteiger charge is 2.14. The van der Waals surface area contributed by atoms with Gasteiger partial charge in [0.2, 0.25) is 5.82 Å². The predicted molar refractivity (Wildman–Crippen MR) is 133 cm³/mol. The molecule has 178 valence electrons.